The first-order chi connectivity index (χ1) is 3.29. The Hall–Kier alpha value is 0.930. The van der Waals surface area contributed by atoms with Crippen LogP contribution in [0.5, 0.6) is 0 Å². The first kappa shape index (κ1) is 17.1. The second kappa shape index (κ2) is 8.03. The zero-order valence-electron chi connectivity index (χ0n) is 6.04. The molecule has 0 saturated heterocycles. The molecule has 1 aliphatic rings. The predicted octanol–water partition coefficient (Wildman–Crippen LogP) is -3.91. The molecule has 0 bridgehead atoms. The Bertz CT molecular complexity index is 139. The van der Waals surface area contributed by atoms with Crippen molar-refractivity contribution in [1.29, 1.82) is 0 Å². The number of hydrogen-bond acceptors (Lipinski definition) is 0. The second-order valence-corrected chi connectivity index (χ2v) is 2.00. The minimum Gasteiger partial charge on any atom is -1.00 e. The molecule has 3 heteroatoms. The number of rotatable bonds is 0. The summed E-state index contributed by atoms with van der Waals surface area (Å²) in [6.45, 7) is 4.18. The van der Waals surface area contributed by atoms with Crippen LogP contribution in [0.4, 0.5) is 0 Å². The van der Waals surface area contributed by atoms with Gasteiger partial charge in [-0.25, -0.2) is 11.6 Å². The van der Waals surface area contributed by atoms with Gasteiger partial charge in [-0.1, -0.05) is 20.3 Å². The molecule has 0 aromatic carbocycles. The average molecular weight is 343 g/mol. The van der Waals surface area contributed by atoms with Crippen LogP contribution in [0.1, 0.15) is 20.3 Å². The van der Waals surface area contributed by atoms with Crippen LogP contribution in [-0.2, 0) is 25.8 Å². The summed E-state index contributed by atoms with van der Waals surface area (Å²) in [4.78, 5) is 0. The second-order valence-electron chi connectivity index (χ2n) is 2.00. The Kier molecular flexibility index (Phi) is 13.8. The average Bonchev–Trinajstić information content (AvgIpc) is 1.87. The van der Waals surface area contributed by atoms with Crippen LogP contribution in [0.3, 0.4) is 0 Å². The van der Waals surface area contributed by atoms with E-state index in [2.05, 4.69) is 26.0 Å². The van der Waals surface area contributed by atoms with Gasteiger partial charge in [-0.2, -0.15) is 5.57 Å². The van der Waals surface area contributed by atoms with Gasteiger partial charge >= 0.3 is 0 Å². The standard InChI is InChI=1S/C7H9.2ClH.Hf/c1-6-3-4-7(2)5-6;;;/h3H,4H2,1-2H3;2*1H;/q-1;;;/p-2. The van der Waals surface area contributed by atoms with E-state index < -0.39 is 0 Å². The smallest absolute Gasteiger partial charge is 0 e. The van der Waals surface area contributed by atoms with Crippen molar-refractivity contribution in [2.45, 2.75) is 20.3 Å². The summed E-state index contributed by atoms with van der Waals surface area (Å²) in [6.07, 6.45) is 6.50. The molecule has 0 aliphatic heterocycles. The van der Waals surface area contributed by atoms with Crippen LogP contribution in [0.15, 0.2) is 17.2 Å². The Morgan fingerprint density at radius 3 is 1.90 bits per heavy atom. The van der Waals surface area contributed by atoms with Gasteiger partial charge in [-0.15, -0.1) is 0 Å². The van der Waals surface area contributed by atoms with E-state index in [9.17, 15) is 0 Å². The van der Waals surface area contributed by atoms with Crippen molar-refractivity contribution in [3.05, 3.63) is 23.3 Å². The molecule has 58 valence electrons. The third kappa shape index (κ3) is 5.70. The molecule has 0 amide bonds. The zero-order valence-corrected chi connectivity index (χ0v) is 11.1. The van der Waals surface area contributed by atoms with E-state index >= 15 is 0 Å². The summed E-state index contributed by atoms with van der Waals surface area (Å²) < 4.78 is 0. The van der Waals surface area contributed by atoms with E-state index in [1.165, 1.54) is 11.1 Å². The van der Waals surface area contributed by atoms with Crippen LogP contribution in [0, 0.1) is 6.08 Å². The molecule has 1 aliphatic carbocycles. The molecule has 0 aromatic heterocycles. The first-order valence-corrected chi connectivity index (χ1v) is 2.55. The van der Waals surface area contributed by atoms with E-state index in [0.29, 0.717) is 0 Å². The summed E-state index contributed by atoms with van der Waals surface area (Å²) in [5, 5.41) is 0. The molecule has 1 rings (SSSR count). The van der Waals surface area contributed by atoms with E-state index in [1.54, 1.807) is 0 Å². The minimum absolute atomic E-state index is 0. The predicted molar refractivity (Wildman–Crippen MR) is 30.8 cm³/mol. The fraction of sp³-hybridized carbons (Fsp3) is 0.429. The van der Waals surface area contributed by atoms with E-state index in [0.717, 1.165) is 6.42 Å². The van der Waals surface area contributed by atoms with Crippen molar-refractivity contribution in [2.24, 2.45) is 0 Å². The zero-order chi connectivity index (χ0) is 5.28. The Balaban J connectivity index is -0.000000163. The van der Waals surface area contributed by atoms with Crippen LogP contribution in [0.2, 0.25) is 0 Å². The van der Waals surface area contributed by atoms with Gasteiger partial charge in [0.1, 0.15) is 0 Å². The van der Waals surface area contributed by atoms with Gasteiger partial charge in [-0.05, 0) is 0 Å². The molecular formula is C7H9Cl2Hf-3. The molecule has 0 spiro atoms. The van der Waals surface area contributed by atoms with Crippen molar-refractivity contribution >= 4 is 0 Å². The molecule has 0 nitrogen and oxygen atoms in total. The summed E-state index contributed by atoms with van der Waals surface area (Å²) in [6, 6.07) is 0. The molecule has 0 unspecified atom stereocenters. The van der Waals surface area contributed by atoms with Gasteiger partial charge in [0.05, 0.1) is 0 Å². The van der Waals surface area contributed by atoms with Gasteiger partial charge in [0.2, 0.25) is 0 Å². The van der Waals surface area contributed by atoms with Crippen molar-refractivity contribution in [3.63, 3.8) is 0 Å². The SMILES string of the molecule is CC1=[C-]C(C)=CC1.[Cl-].[Cl-].[Hf]. The monoisotopic (exact) mass is 343 g/mol. The quantitative estimate of drug-likeness (QED) is 0.312. The fourth-order valence-electron chi connectivity index (χ4n) is 0.745. The summed E-state index contributed by atoms with van der Waals surface area (Å²) >= 11 is 0. The molecule has 0 N–H and O–H groups in total. The van der Waals surface area contributed by atoms with E-state index in [4.69, 9.17) is 0 Å². The maximum Gasteiger partial charge on any atom is 0 e. The van der Waals surface area contributed by atoms with E-state index in [-0.39, 0.29) is 50.7 Å². The van der Waals surface area contributed by atoms with Gasteiger partial charge in [0.15, 0.2) is 0 Å². The number of hydrogen-bond donors (Lipinski definition) is 0. The van der Waals surface area contributed by atoms with Gasteiger partial charge in [-0.3, -0.25) is 6.08 Å². The topological polar surface area (TPSA) is 0 Å². The summed E-state index contributed by atoms with van der Waals surface area (Å²) in [5.74, 6) is 0. The third-order valence-corrected chi connectivity index (χ3v) is 1.12. The van der Waals surface area contributed by atoms with E-state index in [1.807, 2.05) is 0 Å². The van der Waals surface area contributed by atoms with Crippen LogP contribution in [-0.4, -0.2) is 0 Å². The fourth-order valence-corrected chi connectivity index (χ4v) is 0.745. The van der Waals surface area contributed by atoms with Gasteiger partial charge < -0.3 is 24.8 Å². The summed E-state index contributed by atoms with van der Waals surface area (Å²) in [7, 11) is 0. The normalized spacial score (nSPS) is 13.4. The van der Waals surface area contributed by atoms with Crippen LogP contribution < -0.4 is 24.8 Å². The molecule has 0 aromatic rings. The largest absolute Gasteiger partial charge is 1.00 e. The van der Waals surface area contributed by atoms with Gasteiger partial charge in [0.25, 0.3) is 0 Å². The molecule has 10 heavy (non-hydrogen) atoms. The molecule has 0 atom stereocenters. The number of allylic oxidation sites excluding steroid dienone is 4. The Morgan fingerprint density at radius 2 is 1.80 bits per heavy atom. The van der Waals surface area contributed by atoms with Crippen molar-refractivity contribution < 1.29 is 50.7 Å². The summed E-state index contributed by atoms with van der Waals surface area (Å²) in [5.41, 5.74) is 2.65. The van der Waals surface area contributed by atoms with Crippen LogP contribution >= 0.6 is 0 Å². The molecular weight excluding hydrogens is 333 g/mol. The first-order valence-electron chi connectivity index (χ1n) is 2.55. The molecule has 0 saturated carbocycles. The molecule has 0 heterocycles. The van der Waals surface area contributed by atoms with Crippen molar-refractivity contribution in [2.75, 3.05) is 0 Å². The Labute approximate surface area is 93.8 Å². The molecule has 0 radical (unpaired) electrons. The maximum atomic E-state index is 3.19. The minimum atomic E-state index is 0. The molecule has 0 fully saturated rings. The van der Waals surface area contributed by atoms with Crippen molar-refractivity contribution in [3.8, 4) is 0 Å². The van der Waals surface area contributed by atoms with Crippen LogP contribution in [0.25, 0.3) is 0 Å². The van der Waals surface area contributed by atoms with Gasteiger partial charge in [0, 0.05) is 25.8 Å². The Morgan fingerprint density at radius 1 is 1.30 bits per heavy atom. The maximum absolute atomic E-state index is 3.19. The number of halogens is 2. The third-order valence-electron chi connectivity index (χ3n) is 1.12. The van der Waals surface area contributed by atoms with Crippen molar-refractivity contribution in [1.82, 2.24) is 0 Å².